The molecule has 112 valence electrons. The molecule has 0 spiro atoms. The third-order valence-corrected chi connectivity index (χ3v) is 4.20. The summed E-state index contributed by atoms with van der Waals surface area (Å²) in [5.41, 5.74) is 7.30. The fourth-order valence-electron chi connectivity index (χ4n) is 3.06. The molecule has 0 saturated heterocycles. The number of aromatic nitrogens is 3. The van der Waals surface area contributed by atoms with Crippen LogP contribution in [0, 0.1) is 5.92 Å². The van der Waals surface area contributed by atoms with Crippen molar-refractivity contribution in [3.05, 3.63) is 41.8 Å². The van der Waals surface area contributed by atoms with Crippen molar-refractivity contribution in [2.24, 2.45) is 11.7 Å². The molecule has 5 nitrogen and oxygen atoms in total. The first kappa shape index (κ1) is 14.2. The van der Waals surface area contributed by atoms with Crippen LogP contribution in [0.5, 0.6) is 0 Å². The summed E-state index contributed by atoms with van der Waals surface area (Å²) < 4.78 is 5.33. The maximum atomic E-state index is 6.22. The minimum absolute atomic E-state index is 0.136. The van der Waals surface area contributed by atoms with Crippen LogP contribution in [0.15, 0.2) is 29.0 Å². The summed E-state index contributed by atoms with van der Waals surface area (Å²) >= 11 is 0. The van der Waals surface area contributed by atoms with E-state index in [9.17, 15) is 0 Å². The van der Waals surface area contributed by atoms with E-state index >= 15 is 0 Å². The predicted molar refractivity (Wildman–Crippen MR) is 79.5 cm³/mol. The average molecular weight is 286 g/mol. The Morgan fingerprint density at radius 2 is 2.14 bits per heavy atom. The van der Waals surface area contributed by atoms with Gasteiger partial charge in [-0.3, -0.25) is 4.98 Å². The van der Waals surface area contributed by atoms with Gasteiger partial charge in [-0.05, 0) is 24.0 Å². The Kier molecular flexibility index (Phi) is 4.60. The van der Waals surface area contributed by atoms with E-state index in [1.54, 1.807) is 6.20 Å². The summed E-state index contributed by atoms with van der Waals surface area (Å²) in [5, 5.41) is 4.03. The zero-order chi connectivity index (χ0) is 14.5. The van der Waals surface area contributed by atoms with Gasteiger partial charge in [0, 0.05) is 18.8 Å². The fraction of sp³-hybridized carbons (Fsp3) is 0.562. The summed E-state index contributed by atoms with van der Waals surface area (Å²) in [4.78, 5) is 8.53. The van der Waals surface area contributed by atoms with Gasteiger partial charge in [-0.1, -0.05) is 43.3 Å². The van der Waals surface area contributed by atoms with Crippen molar-refractivity contribution >= 4 is 0 Å². The highest BCUT2D eigenvalue weighted by Crippen LogP contribution is 2.30. The molecule has 0 amide bonds. The van der Waals surface area contributed by atoms with Crippen molar-refractivity contribution in [2.45, 2.75) is 51.0 Å². The predicted octanol–water partition coefficient (Wildman–Crippen LogP) is 3.03. The molecule has 2 aromatic heterocycles. The number of nitrogens with two attached hydrogens (primary N) is 1. The van der Waals surface area contributed by atoms with Gasteiger partial charge < -0.3 is 10.3 Å². The summed E-state index contributed by atoms with van der Waals surface area (Å²) in [7, 11) is 0. The van der Waals surface area contributed by atoms with Crippen LogP contribution < -0.4 is 5.73 Å². The van der Waals surface area contributed by atoms with Gasteiger partial charge in [-0.15, -0.1) is 0 Å². The van der Waals surface area contributed by atoms with Crippen LogP contribution in [-0.2, 0) is 6.42 Å². The molecule has 0 radical (unpaired) electrons. The van der Waals surface area contributed by atoms with E-state index < -0.39 is 0 Å². The van der Waals surface area contributed by atoms with Crippen LogP contribution in [-0.4, -0.2) is 15.1 Å². The Morgan fingerprint density at radius 3 is 2.90 bits per heavy atom. The maximum absolute atomic E-state index is 6.22. The lowest BCUT2D eigenvalue weighted by atomic mass is 9.85. The zero-order valence-corrected chi connectivity index (χ0v) is 12.2. The molecule has 0 aromatic carbocycles. The lowest BCUT2D eigenvalue weighted by molar-refractivity contribution is 0.283. The van der Waals surface area contributed by atoms with Crippen molar-refractivity contribution in [3.63, 3.8) is 0 Å². The molecule has 1 unspecified atom stereocenters. The first-order valence-electron chi connectivity index (χ1n) is 7.78. The van der Waals surface area contributed by atoms with Gasteiger partial charge in [-0.25, -0.2) is 0 Å². The lowest BCUT2D eigenvalue weighted by Crippen LogP contribution is -2.17. The first-order chi connectivity index (χ1) is 10.3. The van der Waals surface area contributed by atoms with Gasteiger partial charge >= 0.3 is 0 Å². The highest BCUT2D eigenvalue weighted by molar-refractivity contribution is 5.13. The minimum Gasteiger partial charge on any atom is -0.338 e. The topological polar surface area (TPSA) is 77.8 Å². The highest BCUT2D eigenvalue weighted by atomic mass is 16.5. The molecule has 2 heterocycles. The number of rotatable bonds is 5. The van der Waals surface area contributed by atoms with Crippen molar-refractivity contribution in [1.82, 2.24) is 15.1 Å². The lowest BCUT2D eigenvalue weighted by Gasteiger charge is -2.22. The zero-order valence-electron chi connectivity index (χ0n) is 12.2. The number of nitrogens with zero attached hydrogens (tertiary/aromatic N) is 3. The Morgan fingerprint density at radius 1 is 1.29 bits per heavy atom. The molecule has 1 saturated carbocycles. The van der Waals surface area contributed by atoms with Crippen molar-refractivity contribution in [1.29, 1.82) is 0 Å². The molecule has 1 fully saturated rings. The first-order valence-corrected chi connectivity index (χ1v) is 7.78. The number of hydrogen-bond acceptors (Lipinski definition) is 5. The Bertz CT molecular complexity index is 548. The van der Waals surface area contributed by atoms with Crippen LogP contribution in [0.3, 0.4) is 0 Å². The quantitative estimate of drug-likeness (QED) is 0.914. The van der Waals surface area contributed by atoms with Crippen LogP contribution in [0.2, 0.25) is 0 Å². The molecular formula is C16H22N4O. The summed E-state index contributed by atoms with van der Waals surface area (Å²) in [6, 6.07) is 3.78. The molecule has 1 atom stereocenters. The van der Waals surface area contributed by atoms with Crippen LogP contribution >= 0.6 is 0 Å². The summed E-state index contributed by atoms with van der Waals surface area (Å²) in [6.07, 6.45) is 11.7. The Balaban J connectivity index is 1.58. The molecule has 1 aliphatic carbocycles. The third kappa shape index (κ3) is 3.88. The summed E-state index contributed by atoms with van der Waals surface area (Å²) in [5.74, 6) is 1.96. The van der Waals surface area contributed by atoms with Gasteiger partial charge in [0.15, 0.2) is 5.82 Å². The second kappa shape index (κ2) is 6.80. The van der Waals surface area contributed by atoms with Gasteiger partial charge in [0.25, 0.3) is 0 Å². The van der Waals surface area contributed by atoms with Gasteiger partial charge in [-0.2, -0.15) is 4.98 Å². The molecule has 2 aromatic rings. The van der Waals surface area contributed by atoms with Crippen LogP contribution in [0.4, 0.5) is 0 Å². The molecule has 1 aliphatic rings. The number of hydrogen-bond donors (Lipinski definition) is 1. The largest absolute Gasteiger partial charge is 0.338 e. The fourth-order valence-corrected chi connectivity index (χ4v) is 3.06. The van der Waals surface area contributed by atoms with E-state index in [1.165, 1.54) is 32.1 Å². The normalized spacial score (nSPS) is 17.8. The molecule has 3 rings (SSSR count). The molecule has 0 bridgehead atoms. The second-order valence-electron chi connectivity index (χ2n) is 5.93. The Hall–Kier alpha value is -1.75. The SMILES string of the molecule is NC(CC1CCCCC1)c1nc(Cc2cccnc2)no1. The van der Waals surface area contributed by atoms with E-state index in [0.29, 0.717) is 24.1 Å². The monoisotopic (exact) mass is 286 g/mol. The van der Waals surface area contributed by atoms with E-state index in [4.69, 9.17) is 10.3 Å². The average Bonchev–Trinajstić information content (AvgIpc) is 2.98. The molecule has 2 N–H and O–H groups in total. The van der Waals surface area contributed by atoms with Crippen LogP contribution in [0.25, 0.3) is 0 Å². The number of pyridine rings is 1. The maximum Gasteiger partial charge on any atom is 0.243 e. The van der Waals surface area contributed by atoms with E-state index in [1.807, 2.05) is 18.3 Å². The second-order valence-corrected chi connectivity index (χ2v) is 5.93. The Labute approximate surface area is 125 Å². The minimum atomic E-state index is -0.136. The van der Waals surface area contributed by atoms with Gasteiger partial charge in [0.2, 0.25) is 5.89 Å². The van der Waals surface area contributed by atoms with Gasteiger partial charge in [0.05, 0.1) is 6.04 Å². The molecular weight excluding hydrogens is 264 g/mol. The van der Waals surface area contributed by atoms with E-state index in [-0.39, 0.29) is 6.04 Å². The highest BCUT2D eigenvalue weighted by Gasteiger charge is 2.21. The van der Waals surface area contributed by atoms with Gasteiger partial charge in [0.1, 0.15) is 0 Å². The van der Waals surface area contributed by atoms with Crippen molar-refractivity contribution < 1.29 is 4.52 Å². The van der Waals surface area contributed by atoms with E-state index in [0.717, 1.165) is 12.0 Å². The van der Waals surface area contributed by atoms with E-state index in [2.05, 4.69) is 15.1 Å². The third-order valence-electron chi connectivity index (χ3n) is 4.20. The molecule has 0 aliphatic heterocycles. The standard InChI is InChI=1S/C16H22N4O/c17-14(9-12-5-2-1-3-6-12)16-19-15(20-21-16)10-13-7-4-8-18-11-13/h4,7-8,11-12,14H,1-3,5-6,9-10,17H2. The molecule has 5 heteroatoms. The smallest absolute Gasteiger partial charge is 0.243 e. The van der Waals surface area contributed by atoms with Crippen LogP contribution in [0.1, 0.15) is 61.8 Å². The van der Waals surface area contributed by atoms with Crippen molar-refractivity contribution in [2.75, 3.05) is 0 Å². The van der Waals surface area contributed by atoms with Crippen molar-refractivity contribution in [3.8, 4) is 0 Å². The molecule has 21 heavy (non-hydrogen) atoms. The summed E-state index contributed by atoms with van der Waals surface area (Å²) in [6.45, 7) is 0.